The molecule has 46 heavy (non-hydrogen) atoms. The average Bonchev–Trinajstić information content (AvgIpc) is 3.28. The summed E-state index contributed by atoms with van der Waals surface area (Å²) in [4.78, 5) is 57.6. The number of hydrogen-bond donors (Lipinski definition) is 2. The third-order valence-electron chi connectivity index (χ3n) is 9.11. The maximum absolute atomic E-state index is 14.3. The first kappa shape index (κ1) is 33.9. The van der Waals surface area contributed by atoms with Crippen LogP contribution in [0.15, 0.2) is 22.7 Å². The molecule has 1 unspecified atom stereocenters. The molecule has 1 aromatic heterocycles. The molecule has 12 nitrogen and oxygen atoms in total. The highest BCUT2D eigenvalue weighted by molar-refractivity contribution is 9.10. The minimum Gasteiger partial charge on any atom is -0.464 e. The van der Waals surface area contributed by atoms with E-state index in [4.69, 9.17) is 19.7 Å². The normalized spacial score (nSPS) is 27.9. The Morgan fingerprint density at radius 1 is 1.15 bits per heavy atom. The van der Waals surface area contributed by atoms with Crippen molar-refractivity contribution >= 4 is 50.8 Å². The summed E-state index contributed by atoms with van der Waals surface area (Å²) in [7, 11) is 0. The molecule has 13 heteroatoms. The highest BCUT2D eigenvalue weighted by Gasteiger charge is 2.62. The summed E-state index contributed by atoms with van der Waals surface area (Å²) in [6.07, 6.45) is 7.64. The summed E-state index contributed by atoms with van der Waals surface area (Å²) in [6, 6.07) is -0.327. The van der Waals surface area contributed by atoms with Crippen LogP contribution in [0.1, 0.15) is 89.8 Å². The molecular weight excluding hydrogens is 656 g/mol. The number of nitrogens with one attached hydrogen (secondary N) is 2. The number of allylic oxidation sites excluding steroid dienone is 1. The van der Waals surface area contributed by atoms with Crippen molar-refractivity contribution in [2.75, 3.05) is 13.2 Å². The summed E-state index contributed by atoms with van der Waals surface area (Å²) in [6.45, 7) is 11.3. The molecule has 2 fully saturated rings. The second kappa shape index (κ2) is 13.3. The maximum Gasteiger partial charge on any atom is 0.408 e. The minimum atomic E-state index is -1.18. The van der Waals surface area contributed by atoms with Gasteiger partial charge in [-0.3, -0.25) is 9.59 Å². The molecule has 0 bridgehead atoms. The zero-order chi connectivity index (χ0) is 33.4. The van der Waals surface area contributed by atoms with Crippen molar-refractivity contribution in [2.24, 2.45) is 5.92 Å². The van der Waals surface area contributed by atoms with E-state index < -0.39 is 47.2 Å². The molecule has 2 N–H and O–H groups in total. The lowest BCUT2D eigenvalue weighted by molar-refractivity contribution is -0.150. The standard InChI is InChI=1S/C33H45BrN6O6/c1-7-45-30(43)33-17-21(33)13-11-9-8-10-12-14-24(35-31(44)46-32(4,5)6)29(42)39-18-22(15-26(39)28(41)36-33)40-37-25-16-23(34)19(2)20(3)27(25)38-40/h11,13,16,21-22,24,26H,7-10,12,14-15,17-18H2,1-6H3,(H,35,44)(H,36,41)/b13-11-/t21-,22?,24+,26+,33-/m1/s1. The number of carbonyl (C=O) groups excluding carboxylic acids is 4. The Balaban J connectivity index is 1.50. The molecule has 250 valence electrons. The van der Waals surface area contributed by atoms with Gasteiger partial charge in [0.25, 0.3) is 0 Å². The van der Waals surface area contributed by atoms with Gasteiger partial charge in [-0.2, -0.15) is 15.0 Å². The van der Waals surface area contributed by atoms with Crippen molar-refractivity contribution in [1.29, 1.82) is 0 Å². The van der Waals surface area contributed by atoms with E-state index in [-0.39, 0.29) is 31.4 Å². The van der Waals surface area contributed by atoms with E-state index in [1.165, 1.54) is 4.90 Å². The molecule has 5 rings (SSSR count). The quantitative estimate of drug-likeness (QED) is 0.342. The molecule has 3 heterocycles. The first-order valence-corrected chi connectivity index (χ1v) is 17.0. The third-order valence-corrected chi connectivity index (χ3v) is 9.93. The fourth-order valence-corrected chi connectivity index (χ4v) is 6.90. The van der Waals surface area contributed by atoms with Gasteiger partial charge in [0.15, 0.2) is 0 Å². The molecule has 2 aromatic rings. The molecule has 0 radical (unpaired) electrons. The van der Waals surface area contributed by atoms with Crippen LogP contribution in [0.25, 0.3) is 11.0 Å². The number of fused-ring (bicyclic) bond motifs is 3. The first-order chi connectivity index (χ1) is 21.7. The first-order valence-electron chi connectivity index (χ1n) is 16.2. The number of esters is 1. The number of ether oxygens (including phenoxy) is 2. The number of hydrogen-bond acceptors (Lipinski definition) is 8. The van der Waals surface area contributed by atoms with Gasteiger partial charge in [0.1, 0.15) is 34.3 Å². The number of rotatable bonds is 4. The number of benzene rings is 1. The second-order valence-electron chi connectivity index (χ2n) is 13.6. The maximum atomic E-state index is 14.3. The molecule has 1 aliphatic carbocycles. The van der Waals surface area contributed by atoms with Crippen molar-refractivity contribution in [3.05, 3.63) is 33.8 Å². The molecular formula is C33H45BrN6O6. The largest absolute Gasteiger partial charge is 0.464 e. The Morgan fingerprint density at radius 2 is 1.91 bits per heavy atom. The van der Waals surface area contributed by atoms with Crippen molar-refractivity contribution in [1.82, 2.24) is 30.5 Å². The summed E-state index contributed by atoms with van der Waals surface area (Å²) in [5.41, 5.74) is 1.57. The van der Waals surface area contributed by atoms with E-state index in [1.807, 2.05) is 32.1 Å². The van der Waals surface area contributed by atoms with Crippen LogP contribution >= 0.6 is 15.9 Å². The van der Waals surface area contributed by atoms with Crippen LogP contribution in [0.4, 0.5) is 4.79 Å². The second-order valence-corrected chi connectivity index (χ2v) is 14.5. The molecule has 1 saturated carbocycles. The summed E-state index contributed by atoms with van der Waals surface area (Å²) >= 11 is 3.60. The molecule has 3 aliphatic rings. The monoisotopic (exact) mass is 700 g/mol. The van der Waals surface area contributed by atoms with Crippen LogP contribution in [0.3, 0.4) is 0 Å². The van der Waals surface area contributed by atoms with Crippen LogP contribution in [-0.2, 0) is 23.9 Å². The number of nitrogens with zero attached hydrogens (tertiary/aromatic N) is 4. The Bertz CT molecular complexity index is 1550. The molecule has 5 atom stereocenters. The predicted octanol–water partition coefficient (Wildman–Crippen LogP) is 4.80. The van der Waals surface area contributed by atoms with Crippen molar-refractivity contribution < 1.29 is 28.7 Å². The number of aryl methyl sites for hydroxylation is 1. The SMILES string of the molecule is CCOC(=O)[C@@]12C[C@H]1/C=C\CCCCC[C@H](NC(=O)OC(C)(C)C)C(=O)N1CC(n3nc4cc(Br)c(C)c(C)c4n3)C[C@H]1C(=O)N2. The molecule has 0 spiro atoms. The van der Waals surface area contributed by atoms with Gasteiger partial charge in [0.2, 0.25) is 11.8 Å². The number of alkyl carbamates (subject to hydrolysis) is 1. The number of carbonyl (C=O) groups is 4. The topological polar surface area (TPSA) is 145 Å². The van der Waals surface area contributed by atoms with Gasteiger partial charge < -0.3 is 25.0 Å². The van der Waals surface area contributed by atoms with Crippen LogP contribution in [0.2, 0.25) is 0 Å². The van der Waals surface area contributed by atoms with E-state index in [0.717, 1.165) is 40.4 Å². The van der Waals surface area contributed by atoms with Gasteiger partial charge in [-0.1, -0.05) is 40.9 Å². The number of amides is 3. The van der Waals surface area contributed by atoms with Crippen molar-refractivity contribution in [2.45, 2.75) is 116 Å². The van der Waals surface area contributed by atoms with E-state index in [9.17, 15) is 19.2 Å². The Kier molecular flexibility index (Phi) is 9.81. The van der Waals surface area contributed by atoms with Crippen molar-refractivity contribution in [3.8, 4) is 0 Å². The van der Waals surface area contributed by atoms with E-state index >= 15 is 0 Å². The van der Waals surface area contributed by atoms with Gasteiger partial charge in [-0.25, -0.2) is 9.59 Å². The Labute approximate surface area is 278 Å². The van der Waals surface area contributed by atoms with Gasteiger partial charge in [0, 0.05) is 23.4 Å². The highest BCUT2D eigenvalue weighted by Crippen LogP contribution is 2.46. The minimum absolute atomic E-state index is 0.152. The van der Waals surface area contributed by atoms with Crippen LogP contribution < -0.4 is 10.6 Å². The van der Waals surface area contributed by atoms with Gasteiger partial charge in [0.05, 0.1) is 12.6 Å². The molecule has 3 amide bonds. The molecule has 2 aliphatic heterocycles. The fourth-order valence-electron chi connectivity index (χ4n) is 6.39. The van der Waals surface area contributed by atoms with E-state index in [0.29, 0.717) is 24.8 Å². The van der Waals surface area contributed by atoms with E-state index in [1.54, 1.807) is 32.5 Å². The zero-order valence-electron chi connectivity index (χ0n) is 27.5. The van der Waals surface area contributed by atoms with Gasteiger partial charge in [-0.15, -0.1) is 0 Å². The van der Waals surface area contributed by atoms with Crippen LogP contribution in [0.5, 0.6) is 0 Å². The Hall–Kier alpha value is -3.48. The fraction of sp³-hybridized carbons (Fsp3) is 0.636. The lowest BCUT2D eigenvalue weighted by Crippen LogP contribution is -2.56. The van der Waals surface area contributed by atoms with Crippen LogP contribution in [-0.4, -0.2) is 80.1 Å². The highest BCUT2D eigenvalue weighted by atomic mass is 79.9. The molecule has 1 aromatic carbocycles. The van der Waals surface area contributed by atoms with Gasteiger partial charge >= 0.3 is 12.1 Å². The van der Waals surface area contributed by atoms with Crippen LogP contribution in [0, 0.1) is 19.8 Å². The lowest BCUT2D eigenvalue weighted by Gasteiger charge is -2.30. The molecule has 1 saturated heterocycles. The number of halogens is 1. The smallest absolute Gasteiger partial charge is 0.408 e. The summed E-state index contributed by atoms with van der Waals surface area (Å²) in [5.74, 6) is -1.50. The Morgan fingerprint density at radius 3 is 2.63 bits per heavy atom. The lowest BCUT2D eigenvalue weighted by atomic mass is 10.0. The predicted molar refractivity (Wildman–Crippen MR) is 175 cm³/mol. The summed E-state index contributed by atoms with van der Waals surface area (Å²) in [5, 5.41) is 15.3. The van der Waals surface area contributed by atoms with Gasteiger partial charge in [-0.05, 0) is 84.4 Å². The zero-order valence-corrected chi connectivity index (χ0v) is 29.1. The summed E-state index contributed by atoms with van der Waals surface area (Å²) < 4.78 is 11.8. The third kappa shape index (κ3) is 7.08. The average molecular weight is 702 g/mol. The number of aromatic nitrogens is 3. The van der Waals surface area contributed by atoms with E-state index in [2.05, 4.69) is 26.6 Å². The van der Waals surface area contributed by atoms with Crippen molar-refractivity contribution in [3.63, 3.8) is 0 Å².